The van der Waals surface area contributed by atoms with Crippen LogP contribution in [0.2, 0.25) is 0 Å². The molecule has 0 spiro atoms. The molecule has 1 unspecified atom stereocenters. The molecule has 0 saturated heterocycles. The maximum absolute atomic E-state index is 11.4. The molecule has 0 aromatic rings. The molecule has 0 fully saturated rings. The number of carboxylic acid groups (broad SMARTS) is 1. The third kappa shape index (κ3) is 9.69. The van der Waals surface area contributed by atoms with Gasteiger partial charge in [0, 0.05) is 6.54 Å². The molecular weight excluding hydrogens is 254 g/mol. The van der Waals surface area contributed by atoms with E-state index >= 15 is 0 Å². The van der Waals surface area contributed by atoms with Crippen LogP contribution in [0.15, 0.2) is 0 Å². The van der Waals surface area contributed by atoms with Crippen molar-refractivity contribution >= 4 is 18.1 Å². The van der Waals surface area contributed by atoms with Gasteiger partial charge >= 0.3 is 18.1 Å². The molecule has 8 heteroatoms. The number of primary amides is 1. The Bertz CT molecular complexity index is 338. The molecule has 110 valence electrons. The predicted octanol–water partition coefficient (Wildman–Crippen LogP) is 0.413. The molecule has 0 aromatic carbocycles. The summed E-state index contributed by atoms with van der Waals surface area (Å²) in [5.74, 6) is -1.16. The minimum atomic E-state index is -1.16. The monoisotopic (exact) mass is 275 g/mol. The van der Waals surface area contributed by atoms with Gasteiger partial charge in [0.05, 0.1) is 0 Å². The molecule has 5 N–H and O–H groups in total. The third-order valence-electron chi connectivity index (χ3n) is 1.96. The third-order valence-corrected chi connectivity index (χ3v) is 1.96. The summed E-state index contributed by atoms with van der Waals surface area (Å²) in [6.45, 7) is 5.28. The molecule has 19 heavy (non-hydrogen) atoms. The summed E-state index contributed by atoms with van der Waals surface area (Å²) < 4.78 is 4.96. The lowest BCUT2D eigenvalue weighted by Crippen LogP contribution is -2.43. The molecule has 0 aliphatic heterocycles. The van der Waals surface area contributed by atoms with Crippen LogP contribution in [0.5, 0.6) is 0 Å². The van der Waals surface area contributed by atoms with Crippen LogP contribution in [0, 0.1) is 0 Å². The zero-order chi connectivity index (χ0) is 15.1. The van der Waals surface area contributed by atoms with Gasteiger partial charge in [-0.15, -0.1) is 0 Å². The number of alkyl carbamates (subject to hydrolysis) is 1. The van der Waals surface area contributed by atoms with Gasteiger partial charge in [0.2, 0.25) is 0 Å². The summed E-state index contributed by atoms with van der Waals surface area (Å²) in [5, 5.41) is 13.5. The smallest absolute Gasteiger partial charge is 0.408 e. The van der Waals surface area contributed by atoms with E-state index in [1.54, 1.807) is 20.8 Å². The second-order valence-corrected chi connectivity index (χ2v) is 4.97. The number of ether oxygens (including phenoxy) is 1. The summed E-state index contributed by atoms with van der Waals surface area (Å²) in [5.41, 5.74) is 4.17. The predicted molar refractivity (Wildman–Crippen MR) is 67.6 cm³/mol. The number of hydrogen-bond donors (Lipinski definition) is 4. The minimum absolute atomic E-state index is 0.162. The van der Waals surface area contributed by atoms with Gasteiger partial charge in [-0.2, -0.15) is 0 Å². The summed E-state index contributed by atoms with van der Waals surface area (Å²) in [7, 11) is 0. The first-order valence-electron chi connectivity index (χ1n) is 5.87. The Morgan fingerprint density at radius 3 is 2.32 bits per heavy atom. The SMILES string of the molecule is CC(C)(C)OC(=O)NC(CCCNC(N)=O)C(=O)O. The number of amides is 3. The van der Waals surface area contributed by atoms with E-state index in [0.717, 1.165) is 0 Å². The van der Waals surface area contributed by atoms with E-state index in [-0.39, 0.29) is 13.0 Å². The maximum Gasteiger partial charge on any atom is 0.408 e. The molecule has 8 nitrogen and oxygen atoms in total. The number of hydrogen-bond acceptors (Lipinski definition) is 4. The summed E-state index contributed by atoms with van der Waals surface area (Å²) in [4.78, 5) is 32.8. The van der Waals surface area contributed by atoms with Crippen molar-refractivity contribution in [3.05, 3.63) is 0 Å². The van der Waals surface area contributed by atoms with Crippen molar-refractivity contribution in [2.45, 2.75) is 45.3 Å². The van der Waals surface area contributed by atoms with Crippen LogP contribution in [0.3, 0.4) is 0 Å². The molecule has 0 aromatic heterocycles. The number of carbonyl (C=O) groups is 3. The minimum Gasteiger partial charge on any atom is -0.480 e. The zero-order valence-electron chi connectivity index (χ0n) is 11.4. The molecule has 0 heterocycles. The fourth-order valence-electron chi connectivity index (χ4n) is 1.22. The summed E-state index contributed by atoms with van der Waals surface area (Å²) in [6.07, 6.45) is -0.257. The van der Waals surface area contributed by atoms with E-state index in [0.29, 0.717) is 6.42 Å². The fraction of sp³-hybridized carbons (Fsp3) is 0.727. The Morgan fingerprint density at radius 1 is 1.32 bits per heavy atom. The Hall–Kier alpha value is -1.99. The van der Waals surface area contributed by atoms with E-state index in [9.17, 15) is 14.4 Å². The Morgan fingerprint density at radius 2 is 1.89 bits per heavy atom. The largest absolute Gasteiger partial charge is 0.480 e. The van der Waals surface area contributed by atoms with Crippen LogP contribution in [0.25, 0.3) is 0 Å². The Labute approximate surface area is 111 Å². The van der Waals surface area contributed by atoms with Crippen LogP contribution in [-0.2, 0) is 9.53 Å². The van der Waals surface area contributed by atoms with Crippen LogP contribution in [0.4, 0.5) is 9.59 Å². The number of carbonyl (C=O) groups excluding carboxylic acids is 2. The molecule has 0 aliphatic carbocycles. The summed E-state index contributed by atoms with van der Waals surface area (Å²) in [6, 6.07) is -1.74. The van der Waals surface area contributed by atoms with Crippen molar-refractivity contribution in [2.24, 2.45) is 5.73 Å². The molecular formula is C11H21N3O5. The van der Waals surface area contributed by atoms with Crippen LogP contribution in [-0.4, -0.2) is 41.4 Å². The number of rotatable bonds is 6. The highest BCUT2D eigenvalue weighted by Crippen LogP contribution is 2.07. The molecule has 1 atom stereocenters. The van der Waals surface area contributed by atoms with Crippen LogP contribution >= 0.6 is 0 Å². The first-order valence-corrected chi connectivity index (χ1v) is 5.87. The number of carboxylic acids is 1. The number of aliphatic carboxylic acids is 1. The van der Waals surface area contributed by atoms with E-state index in [4.69, 9.17) is 15.6 Å². The first-order chi connectivity index (χ1) is 8.61. The standard InChI is InChI=1S/C11H21N3O5/c1-11(2,3)19-10(18)14-7(8(15)16)5-4-6-13-9(12)17/h7H,4-6H2,1-3H3,(H,14,18)(H,15,16)(H3,12,13,17). The number of nitrogens with one attached hydrogen (secondary N) is 2. The van der Waals surface area contributed by atoms with Gasteiger partial charge in [0.1, 0.15) is 11.6 Å². The zero-order valence-corrected chi connectivity index (χ0v) is 11.4. The van der Waals surface area contributed by atoms with Crippen LogP contribution < -0.4 is 16.4 Å². The van der Waals surface area contributed by atoms with Crippen molar-refractivity contribution in [1.82, 2.24) is 10.6 Å². The normalized spacial score (nSPS) is 12.4. The first kappa shape index (κ1) is 17.0. The fourth-order valence-corrected chi connectivity index (χ4v) is 1.22. The van der Waals surface area contributed by atoms with Crippen molar-refractivity contribution in [3.63, 3.8) is 0 Å². The second kappa shape index (κ2) is 7.45. The highest BCUT2D eigenvalue weighted by Gasteiger charge is 2.23. The van der Waals surface area contributed by atoms with Gasteiger partial charge in [-0.3, -0.25) is 0 Å². The van der Waals surface area contributed by atoms with Gasteiger partial charge in [-0.25, -0.2) is 14.4 Å². The lowest BCUT2D eigenvalue weighted by atomic mass is 10.1. The van der Waals surface area contributed by atoms with E-state index in [2.05, 4.69) is 10.6 Å². The van der Waals surface area contributed by atoms with Crippen molar-refractivity contribution in [2.75, 3.05) is 6.54 Å². The van der Waals surface area contributed by atoms with Gasteiger partial charge in [0.25, 0.3) is 0 Å². The highest BCUT2D eigenvalue weighted by atomic mass is 16.6. The lowest BCUT2D eigenvalue weighted by Gasteiger charge is -2.22. The molecule has 0 saturated carbocycles. The van der Waals surface area contributed by atoms with Crippen molar-refractivity contribution in [3.8, 4) is 0 Å². The summed E-state index contributed by atoms with van der Waals surface area (Å²) >= 11 is 0. The van der Waals surface area contributed by atoms with Crippen molar-refractivity contribution in [1.29, 1.82) is 0 Å². The van der Waals surface area contributed by atoms with E-state index in [1.807, 2.05) is 0 Å². The van der Waals surface area contributed by atoms with Crippen molar-refractivity contribution < 1.29 is 24.2 Å². The average Bonchev–Trinajstić information content (AvgIpc) is 2.19. The van der Waals surface area contributed by atoms with Crippen LogP contribution in [0.1, 0.15) is 33.6 Å². The molecule has 0 radical (unpaired) electrons. The maximum atomic E-state index is 11.4. The Balaban J connectivity index is 4.16. The highest BCUT2D eigenvalue weighted by molar-refractivity contribution is 5.80. The van der Waals surface area contributed by atoms with Gasteiger partial charge in [-0.05, 0) is 33.6 Å². The number of nitrogens with two attached hydrogens (primary N) is 1. The van der Waals surface area contributed by atoms with E-state index in [1.165, 1.54) is 0 Å². The molecule has 3 amide bonds. The Kier molecular flexibility index (Phi) is 6.67. The quantitative estimate of drug-likeness (QED) is 0.521. The van der Waals surface area contributed by atoms with Gasteiger partial charge < -0.3 is 26.2 Å². The number of urea groups is 1. The molecule has 0 rings (SSSR count). The second-order valence-electron chi connectivity index (χ2n) is 4.97. The molecule has 0 aliphatic rings. The average molecular weight is 275 g/mol. The topological polar surface area (TPSA) is 131 Å². The lowest BCUT2D eigenvalue weighted by molar-refractivity contribution is -0.139. The van der Waals surface area contributed by atoms with Gasteiger partial charge in [-0.1, -0.05) is 0 Å². The molecule has 0 bridgehead atoms. The van der Waals surface area contributed by atoms with E-state index < -0.39 is 29.7 Å². The van der Waals surface area contributed by atoms with Gasteiger partial charge in [0.15, 0.2) is 0 Å².